The van der Waals surface area contributed by atoms with E-state index in [1.165, 1.54) is 6.21 Å². The normalized spacial score (nSPS) is 10.5. The third kappa shape index (κ3) is 5.73. The van der Waals surface area contributed by atoms with Gasteiger partial charge in [0.2, 0.25) is 11.8 Å². The number of halogens is 2. The molecule has 2 amide bonds. The van der Waals surface area contributed by atoms with Crippen LogP contribution in [0.5, 0.6) is 0 Å². The van der Waals surface area contributed by atoms with Crippen LogP contribution in [0.3, 0.4) is 0 Å². The maximum Gasteiger partial charge on any atom is 0.249 e. The molecule has 0 fully saturated rings. The number of hydrazone groups is 1. The molecule has 0 bridgehead atoms. The molecule has 23 heavy (non-hydrogen) atoms. The van der Waals surface area contributed by atoms with E-state index in [1.54, 1.807) is 48.5 Å². The van der Waals surface area contributed by atoms with Gasteiger partial charge in [0, 0.05) is 5.02 Å². The lowest BCUT2D eigenvalue weighted by Gasteiger charge is -2.06. The van der Waals surface area contributed by atoms with E-state index in [1.807, 2.05) is 0 Å². The lowest BCUT2D eigenvalue weighted by molar-refractivity contribution is -0.126. The Bertz CT molecular complexity index is 730. The van der Waals surface area contributed by atoms with Gasteiger partial charge < -0.3 is 5.32 Å². The van der Waals surface area contributed by atoms with Crippen LogP contribution in [0, 0.1) is 0 Å². The molecule has 0 spiro atoms. The van der Waals surface area contributed by atoms with Gasteiger partial charge in [0.15, 0.2) is 0 Å². The van der Waals surface area contributed by atoms with Gasteiger partial charge in [-0.25, -0.2) is 5.43 Å². The smallest absolute Gasteiger partial charge is 0.249 e. The van der Waals surface area contributed by atoms with E-state index < -0.39 is 11.8 Å². The van der Waals surface area contributed by atoms with Gasteiger partial charge in [0.05, 0.1) is 16.9 Å². The molecule has 0 heterocycles. The molecule has 0 aliphatic heterocycles. The molecule has 0 atom stereocenters. The first-order valence-electron chi connectivity index (χ1n) is 6.66. The molecule has 0 saturated carbocycles. The molecule has 0 aliphatic carbocycles. The number of carbonyl (C=O) groups excluding carboxylic acids is 2. The summed E-state index contributed by atoms with van der Waals surface area (Å²) >= 11 is 11.7. The standard InChI is InChI=1S/C16H13Cl2N3O2/c17-12-7-5-11(6-8-12)10-19-21-16(23)9-15(22)20-14-4-2-1-3-13(14)18/h1-8,10H,9H2,(H,20,22)(H,21,23). The molecule has 2 aromatic rings. The number of amides is 2. The first-order chi connectivity index (χ1) is 11.0. The fourth-order valence-corrected chi connectivity index (χ4v) is 1.98. The quantitative estimate of drug-likeness (QED) is 0.492. The SMILES string of the molecule is O=C(CC(=O)Nc1ccccc1Cl)NN=Cc1ccc(Cl)cc1. The molecule has 7 heteroatoms. The minimum atomic E-state index is -0.528. The average Bonchev–Trinajstić information content (AvgIpc) is 2.51. The van der Waals surface area contributed by atoms with Gasteiger partial charge >= 0.3 is 0 Å². The number of rotatable bonds is 5. The number of benzene rings is 2. The Balaban J connectivity index is 1.81. The van der Waals surface area contributed by atoms with Crippen LogP contribution in [0.2, 0.25) is 10.0 Å². The molecular formula is C16H13Cl2N3O2. The minimum absolute atomic E-state index is 0.358. The predicted molar refractivity (Wildman–Crippen MR) is 91.9 cm³/mol. The zero-order chi connectivity index (χ0) is 16.7. The number of para-hydroxylation sites is 1. The Labute approximate surface area is 143 Å². The molecule has 0 unspecified atom stereocenters. The fourth-order valence-electron chi connectivity index (χ4n) is 1.67. The van der Waals surface area contributed by atoms with Crippen LogP contribution >= 0.6 is 23.2 Å². The fraction of sp³-hybridized carbons (Fsp3) is 0.0625. The van der Waals surface area contributed by atoms with Gasteiger partial charge in [-0.1, -0.05) is 47.5 Å². The van der Waals surface area contributed by atoms with Crippen molar-refractivity contribution >= 4 is 46.9 Å². The summed E-state index contributed by atoms with van der Waals surface area (Å²) in [5.41, 5.74) is 3.51. The first-order valence-corrected chi connectivity index (χ1v) is 7.42. The Morgan fingerprint density at radius 1 is 1.00 bits per heavy atom. The molecule has 0 aromatic heterocycles. The van der Waals surface area contributed by atoms with Crippen molar-refractivity contribution in [1.29, 1.82) is 0 Å². The van der Waals surface area contributed by atoms with Crippen LogP contribution in [0.25, 0.3) is 0 Å². The van der Waals surface area contributed by atoms with Crippen molar-refractivity contribution in [2.75, 3.05) is 5.32 Å². The van der Waals surface area contributed by atoms with Crippen molar-refractivity contribution in [1.82, 2.24) is 5.43 Å². The van der Waals surface area contributed by atoms with Crippen molar-refractivity contribution in [2.24, 2.45) is 5.10 Å². The maximum absolute atomic E-state index is 11.7. The number of nitrogens with one attached hydrogen (secondary N) is 2. The summed E-state index contributed by atoms with van der Waals surface area (Å²) in [6.07, 6.45) is 1.10. The van der Waals surface area contributed by atoms with Gasteiger partial charge in [-0.05, 0) is 29.8 Å². The van der Waals surface area contributed by atoms with E-state index in [0.29, 0.717) is 15.7 Å². The summed E-state index contributed by atoms with van der Waals surface area (Å²) < 4.78 is 0. The van der Waals surface area contributed by atoms with E-state index in [0.717, 1.165) is 5.56 Å². The van der Waals surface area contributed by atoms with Gasteiger partial charge in [-0.2, -0.15) is 5.10 Å². The summed E-state index contributed by atoms with van der Waals surface area (Å²) in [6.45, 7) is 0. The van der Waals surface area contributed by atoms with Gasteiger partial charge in [0.25, 0.3) is 0 Å². The van der Waals surface area contributed by atoms with E-state index in [-0.39, 0.29) is 6.42 Å². The molecule has 0 aliphatic rings. The van der Waals surface area contributed by atoms with E-state index in [2.05, 4.69) is 15.8 Å². The zero-order valence-corrected chi connectivity index (χ0v) is 13.4. The highest BCUT2D eigenvalue weighted by Gasteiger charge is 2.10. The summed E-state index contributed by atoms with van der Waals surface area (Å²) in [7, 11) is 0. The average molecular weight is 350 g/mol. The lowest BCUT2D eigenvalue weighted by Crippen LogP contribution is -2.24. The highest BCUT2D eigenvalue weighted by molar-refractivity contribution is 6.33. The number of nitrogens with zero attached hydrogens (tertiary/aromatic N) is 1. The molecule has 2 rings (SSSR count). The van der Waals surface area contributed by atoms with Gasteiger partial charge in [-0.3, -0.25) is 9.59 Å². The summed E-state index contributed by atoms with van der Waals surface area (Å²) in [5.74, 6) is -1.00. The highest BCUT2D eigenvalue weighted by atomic mass is 35.5. The van der Waals surface area contributed by atoms with Gasteiger partial charge in [-0.15, -0.1) is 0 Å². The minimum Gasteiger partial charge on any atom is -0.324 e. The molecule has 118 valence electrons. The van der Waals surface area contributed by atoms with Crippen LogP contribution in [-0.4, -0.2) is 18.0 Å². The number of hydrogen-bond acceptors (Lipinski definition) is 3. The maximum atomic E-state index is 11.7. The lowest BCUT2D eigenvalue weighted by atomic mass is 10.2. The third-order valence-corrected chi connectivity index (χ3v) is 3.32. The Morgan fingerprint density at radius 2 is 1.70 bits per heavy atom. The molecule has 2 aromatic carbocycles. The first kappa shape index (κ1) is 17.0. The summed E-state index contributed by atoms with van der Waals surface area (Å²) in [4.78, 5) is 23.4. The van der Waals surface area contributed by atoms with Crippen molar-refractivity contribution in [3.05, 3.63) is 64.1 Å². The zero-order valence-electron chi connectivity index (χ0n) is 11.9. The molecule has 0 saturated heterocycles. The largest absolute Gasteiger partial charge is 0.324 e. The van der Waals surface area contributed by atoms with Crippen LogP contribution in [-0.2, 0) is 9.59 Å². The third-order valence-electron chi connectivity index (χ3n) is 2.74. The van der Waals surface area contributed by atoms with E-state index in [9.17, 15) is 9.59 Å². The topological polar surface area (TPSA) is 70.6 Å². The van der Waals surface area contributed by atoms with Gasteiger partial charge in [0.1, 0.15) is 6.42 Å². The van der Waals surface area contributed by atoms with Crippen molar-refractivity contribution in [3.8, 4) is 0 Å². The second-order valence-corrected chi connectivity index (χ2v) is 5.39. The predicted octanol–water partition coefficient (Wildman–Crippen LogP) is 3.47. The molecule has 2 N–H and O–H groups in total. The monoisotopic (exact) mass is 349 g/mol. The Hall–Kier alpha value is -2.37. The van der Waals surface area contributed by atoms with Crippen LogP contribution in [0.1, 0.15) is 12.0 Å². The summed E-state index contributed by atoms with van der Waals surface area (Å²) in [5, 5.41) is 7.35. The Morgan fingerprint density at radius 3 is 2.39 bits per heavy atom. The second-order valence-electron chi connectivity index (χ2n) is 4.55. The Kier molecular flexibility index (Phi) is 6.14. The number of hydrogen-bond donors (Lipinski definition) is 2. The van der Waals surface area contributed by atoms with Crippen molar-refractivity contribution < 1.29 is 9.59 Å². The number of anilines is 1. The summed E-state index contributed by atoms with van der Waals surface area (Å²) in [6, 6.07) is 13.7. The molecule has 5 nitrogen and oxygen atoms in total. The van der Waals surface area contributed by atoms with E-state index >= 15 is 0 Å². The van der Waals surface area contributed by atoms with Crippen molar-refractivity contribution in [2.45, 2.75) is 6.42 Å². The van der Waals surface area contributed by atoms with E-state index in [4.69, 9.17) is 23.2 Å². The van der Waals surface area contributed by atoms with Crippen molar-refractivity contribution in [3.63, 3.8) is 0 Å². The number of carbonyl (C=O) groups is 2. The van der Waals surface area contributed by atoms with Crippen LogP contribution < -0.4 is 10.7 Å². The second kappa shape index (κ2) is 8.31. The highest BCUT2D eigenvalue weighted by Crippen LogP contribution is 2.20. The molecule has 0 radical (unpaired) electrons. The van der Waals surface area contributed by atoms with Crippen LogP contribution in [0.4, 0.5) is 5.69 Å². The van der Waals surface area contributed by atoms with Crippen LogP contribution in [0.15, 0.2) is 53.6 Å². The molecular weight excluding hydrogens is 337 g/mol.